The molecule has 132 valence electrons. The first-order chi connectivity index (χ1) is 11.9. The van der Waals surface area contributed by atoms with Gasteiger partial charge in [0.25, 0.3) is 5.56 Å². The number of carbonyl (C=O) groups excluding carboxylic acids is 1. The minimum Gasteiger partial charge on any atom is -0.493 e. The van der Waals surface area contributed by atoms with Gasteiger partial charge >= 0.3 is 5.69 Å². The summed E-state index contributed by atoms with van der Waals surface area (Å²) < 4.78 is 12.5. The van der Waals surface area contributed by atoms with Crippen molar-refractivity contribution in [2.24, 2.45) is 14.1 Å². The number of benzene rings is 1. The van der Waals surface area contributed by atoms with Crippen molar-refractivity contribution in [3.63, 3.8) is 0 Å². The molecular weight excluding hydrogens is 326 g/mol. The zero-order valence-corrected chi connectivity index (χ0v) is 14.4. The Bertz CT molecular complexity index is 940. The molecule has 1 heterocycles. The number of hydrogen-bond donors (Lipinski definition) is 1. The third kappa shape index (κ3) is 3.97. The lowest BCUT2D eigenvalue weighted by Crippen LogP contribution is -2.37. The summed E-state index contributed by atoms with van der Waals surface area (Å²) in [4.78, 5) is 35.7. The van der Waals surface area contributed by atoms with Gasteiger partial charge in [0, 0.05) is 38.1 Å². The van der Waals surface area contributed by atoms with Crippen LogP contribution in [-0.2, 0) is 18.9 Å². The highest BCUT2D eigenvalue weighted by Crippen LogP contribution is 2.29. The van der Waals surface area contributed by atoms with Crippen LogP contribution < -0.4 is 26.0 Å². The number of aromatic nitrogens is 2. The van der Waals surface area contributed by atoms with E-state index in [1.807, 2.05) is 0 Å². The molecule has 25 heavy (non-hydrogen) atoms. The first-order valence-electron chi connectivity index (χ1n) is 7.35. The molecule has 8 nitrogen and oxygen atoms in total. The molecule has 0 radical (unpaired) electrons. The van der Waals surface area contributed by atoms with Crippen LogP contribution in [0.5, 0.6) is 11.5 Å². The van der Waals surface area contributed by atoms with Crippen LogP contribution in [0.25, 0.3) is 6.08 Å². The molecule has 0 saturated heterocycles. The van der Waals surface area contributed by atoms with E-state index in [1.165, 1.54) is 51.2 Å². The number of methoxy groups -OCH3 is 2. The smallest absolute Gasteiger partial charge is 0.330 e. The summed E-state index contributed by atoms with van der Waals surface area (Å²) in [6.45, 7) is 0. The third-order valence-electron chi connectivity index (χ3n) is 3.54. The van der Waals surface area contributed by atoms with E-state index in [2.05, 4.69) is 5.32 Å². The van der Waals surface area contributed by atoms with Crippen molar-refractivity contribution in [3.05, 3.63) is 56.9 Å². The minimum absolute atomic E-state index is 0.229. The molecular formula is C17H19N3O5. The summed E-state index contributed by atoms with van der Waals surface area (Å²) in [5, 5.41) is 2.66. The van der Waals surface area contributed by atoms with Crippen molar-refractivity contribution in [3.8, 4) is 11.5 Å². The van der Waals surface area contributed by atoms with Crippen molar-refractivity contribution in [1.29, 1.82) is 0 Å². The van der Waals surface area contributed by atoms with Gasteiger partial charge in [0.15, 0.2) is 11.5 Å². The predicted octanol–water partition coefficient (Wildman–Crippen LogP) is 0.753. The van der Waals surface area contributed by atoms with Gasteiger partial charge in [-0.25, -0.2) is 4.79 Å². The third-order valence-corrected chi connectivity index (χ3v) is 3.54. The van der Waals surface area contributed by atoms with Crippen LogP contribution >= 0.6 is 0 Å². The maximum Gasteiger partial charge on any atom is 0.330 e. The average molecular weight is 345 g/mol. The van der Waals surface area contributed by atoms with Crippen LogP contribution in [0, 0.1) is 0 Å². The Labute approximate surface area is 143 Å². The first-order valence-corrected chi connectivity index (χ1v) is 7.35. The molecule has 0 spiro atoms. The Balaban J connectivity index is 2.20. The van der Waals surface area contributed by atoms with E-state index in [1.54, 1.807) is 18.2 Å². The molecule has 1 N–H and O–H groups in total. The molecule has 0 unspecified atom stereocenters. The molecule has 0 saturated carbocycles. The summed E-state index contributed by atoms with van der Waals surface area (Å²) in [5.74, 6) is 0.601. The van der Waals surface area contributed by atoms with Gasteiger partial charge in [-0.1, -0.05) is 0 Å². The van der Waals surface area contributed by atoms with Gasteiger partial charge in [0.2, 0.25) is 5.91 Å². The molecule has 0 aliphatic carbocycles. The molecule has 0 aliphatic heterocycles. The molecule has 0 aliphatic rings. The van der Waals surface area contributed by atoms with Gasteiger partial charge in [0.05, 0.1) is 19.8 Å². The molecule has 1 aromatic carbocycles. The fourth-order valence-corrected chi connectivity index (χ4v) is 2.21. The largest absolute Gasteiger partial charge is 0.493 e. The number of amides is 1. The summed E-state index contributed by atoms with van der Waals surface area (Å²) in [7, 11) is 5.93. The molecule has 1 amide bonds. The summed E-state index contributed by atoms with van der Waals surface area (Å²) in [6.07, 6.45) is 3.96. The molecule has 8 heteroatoms. The molecule has 2 rings (SSSR count). The predicted molar refractivity (Wildman–Crippen MR) is 94.1 cm³/mol. The minimum atomic E-state index is -0.474. The van der Waals surface area contributed by atoms with Gasteiger partial charge < -0.3 is 19.4 Å². The maximum absolute atomic E-state index is 12.0. The van der Waals surface area contributed by atoms with Gasteiger partial charge in [-0.3, -0.25) is 14.2 Å². The van der Waals surface area contributed by atoms with Gasteiger partial charge in [-0.05, 0) is 18.2 Å². The number of hydrogen-bond acceptors (Lipinski definition) is 5. The van der Waals surface area contributed by atoms with Gasteiger partial charge in [-0.15, -0.1) is 0 Å². The van der Waals surface area contributed by atoms with Crippen LogP contribution in [-0.4, -0.2) is 29.3 Å². The van der Waals surface area contributed by atoms with Crippen molar-refractivity contribution < 1.29 is 14.3 Å². The zero-order chi connectivity index (χ0) is 18.6. The number of aryl methyl sites for hydroxylation is 1. The van der Waals surface area contributed by atoms with Crippen LogP contribution in [0.15, 0.2) is 40.1 Å². The highest BCUT2D eigenvalue weighted by atomic mass is 16.5. The molecule has 0 atom stereocenters. The number of nitrogens with one attached hydrogen (secondary N) is 1. The summed E-state index contributed by atoms with van der Waals surface area (Å²) in [5.41, 5.74) is -0.164. The Kier molecular flexibility index (Phi) is 5.43. The van der Waals surface area contributed by atoms with E-state index in [9.17, 15) is 14.4 Å². The number of anilines is 1. The quantitative estimate of drug-likeness (QED) is 0.808. The van der Waals surface area contributed by atoms with Crippen molar-refractivity contribution in [2.45, 2.75) is 0 Å². The number of rotatable bonds is 5. The highest BCUT2D eigenvalue weighted by Gasteiger charge is 2.07. The summed E-state index contributed by atoms with van der Waals surface area (Å²) >= 11 is 0. The van der Waals surface area contributed by atoms with Crippen LogP contribution in [0.4, 0.5) is 5.69 Å². The second-order valence-corrected chi connectivity index (χ2v) is 5.23. The second-order valence-electron chi connectivity index (χ2n) is 5.23. The lowest BCUT2D eigenvalue weighted by molar-refractivity contribution is -0.111. The lowest BCUT2D eigenvalue weighted by atomic mass is 10.2. The Morgan fingerprint density at radius 1 is 1.12 bits per heavy atom. The molecule has 0 bridgehead atoms. The van der Waals surface area contributed by atoms with E-state index < -0.39 is 17.2 Å². The zero-order valence-electron chi connectivity index (χ0n) is 14.4. The van der Waals surface area contributed by atoms with Gasteiger partial charge in [-0.2, -0.15) is 0 Å². The van der Waals surface area contributed by atoms with E-state index in [-0.39, 0.29) is 5.56 Å². The van der Waals surface area contributed by atoms with Crippen LogP contribution in [0.3, 0.4) is 0 Å². The van der Waals surface area contributed by atoms with E-state index in [0.717, 1.165) is 4.57 Å². The molecule has 2 aromatic rings. The van der Waals surface area contributed by atoms with Crippen molar-refractivity contribution >= 4 is 17.7 Å². The van der Waals surface area contributed by atoms with E-state index in [0.29, 0.717) is 17.2 Å². The standard InChI is InChI=1S/C17H19N3O5/c1-19-10-11(16(22)20(2)17(19)23)5-8-15(21)18-12-6-7-13(24-3)14(9-12)25-4/h5-10H,1-4H3,(H,18,21)/b8-5+. The van der Waals surface area contributed by atoms with E-state index in [4.69, 9.17) is 9.47 Å². The Morgan fingerprint density at radius 3 is 2.44 bits per heavy atom. The molecule has 0 fully saturated rings. The average Bonchev–Trinajstić information content (AvgIpc) is 2.61. The monoisotopic (exact) mass is 345 g/mol. The van der Waals surface area contributed by atoms with Gasteiger partial charge in [0.1, 0.15) is 0 Å². The van der Waals surface area contributed by atoms with E-state index >= 15 is 0 Å². The van der Waals surface area contributed by atoms with Crippen LogP contribution in [0.1, 0.15) is 5.56 Å². The van der Waals surface area contributed by atoms with Crippen molar-refractivity contribution in [2.75, 3.05) is 19.5 Å². The Morgan fingerprint density at radius 2 is 1.80 bits per heavy atom. The summed E-state index contributed by atoms with van der Waals surface area (Å²) in [6, 6.07) is 4.95. The topological polar surface area (TPSA) is 91.6 Å². The second kappa shape index (κ2) is 7.52. The fraction of sp³-hybridized carbons (Fsp3) is 0.235. The SMILES string of the molecule is COc1ccc(NC(=O)/C=C/c2cn(C)c(=O)n(C)c2=O)cc1OC. The van der Waals surface area contributed by atoms with Crippen LogP contribution in [0.2, 0.25) is 0 Å². The highest BCUT2D eigenvalue weighted by molar-refractivity contribution is 6.02. The Hall–Kier alpha value is -3.29. The number of nitrogens with zero attached hydrogens (tertiary/aromatic N) is 2. The van der Waals surface area contributed by atoms with Crippen molar-refractivity contribution in [1.82, 2.24) is 9.13 Å². The number of carbonyl (C=O) groups is 1. The molecule has 1 aromatic heterocycles. The lowest BCUT2D eigenvalue weighted by Gasteiger charge is -2.09. The number of ether oxygens (including phenoxy) is 2. The maximum atomic E-state index is 12.0. The normalized spacial score (nSPS) is 10.7. The first kappa shape index (κ1) is 18.1. The fourth-order valence-electron chi connectivity index (χ4n) is 2.21.